The number of hydrogen-bond donors (Lipinski definition) is 2. The monoisotopic (exact) mass is 279 g/mol. The summed E-state index contributed by atoms with van der Waals surface area (Å²) in [6.07, 6.45) is 1.88. The van der Waals surface area contributed by atoms with Gasteiger partial charge in [-0.05, 0) is 18.1 Å². The van der Waals surface area contributed by atoms with Crippen molar-refractivity contribution in [3.8, 4) is 0 Å². The van der Waals surface area contributed by atoms with Crippen LogP contribution in [0.15, 0.2) is 18.3 Å². The van der Waals surface area contributed by atoms with E-state index in [0.717, 1.165) is 0 Å². The number of aromatic nitrogens is 1. The SMILES string of the molecule is COC(=O)c1ccnc(NCCC(=O)NCC(C)C)c1. The average molecular weight is 279 g/mol. The zero-order chi connectivity index (χ0) is 15.0. The lowest BCUT2D eigenvalue weighted by atomic mass is 10.2. The van der Waals surface area contributed by atoms with Gasteiger partial charge < -0.3 is 15.4 Å². The molecule has 0 spiro atoms. The van der Waals surface area contributed by atoms with E-state index < -0.39 is 5.97 Å². The van der Waals surface area contributed by atoms with Crippen molar-refractivity contribution in [3.05, 3.63) is 23.9 Å². The molecule has 110 valence electrons. The Hall–Kier alpha value is -2.11. The molecular weight excluding hydrogens is 258 g/mol. The smallest absolute Gasteiger partial charge is 0.338 e. The van der Waals surface area contributed by atoms with E-state index in [1.54, 1.807) is 12.1 Å². The number of ether oxygens (including phenoxy) is 1. The van der Waals surface area contributed by atoms with Gasteiger partial charge in [0.15, 0.2) is 0 Å². The molecule has 0 bridgehead atoms. The summed E-state index contributed by atoms with van der Waals surface area (Å²) in [7, 11) is 1.33. The maximum Gasteiger partial charge on any atom is 0.338 e. The number of rotatable bonds is 7. The second-order valence-corrected chi connectivity index (χ2v) is 4.80. The van der Waals surface area contributed by atoms with Crippen LogP contribution in [0.2, 0.25) is 0 Å². The van der Waals surface area contributed by atoms with Crippen molar-refractivity contribution in [3.63, 3.8) is 0 Å². The Bertz CT molecular complexity index is 461. The van der Waals surface area contributed by atoms with Gasteiger partial charge in [0.1, 0.15) is 5.82 Å². The van der Waals surface area contributed by atoms with E-state index in [0.29, 0.717) is 36.8 Å². The van der Waals surface area contributed by atoms with Gasteiger partial charge in [0.2, 0.25) is 5.91 Å². The van der Waals surface area contributed by atoms with E-state index in [-0.39, 0.29) is 5.91 Å². The van der Waals surface area contributed by atoms with Gasteiger partial charge in [-0.25, -0.2) is 9.78 Å². The molecule has 1 amide bonds. The van der Waals surface area contributed by atoms with Gasteiger partial charge in [0.05, 0.1) is 12.7 Å². The first kappa shape index (κ1) is 15.9. The van der Waals surface area contributed by atoms with Crippen LogP contribution in [0.4, 0.5) is 5.82 Å². The van der Waals surface area contributed by atoms with Crippen molar-refractivity contribution in [2.75, 3.05) is 25.5 Å². The molecule has 0 radical (unpaired) electrons. The van der Waals surface area contributed by atoms with Gasteiger partial charge in [0.25, 0.3) is 0 Å². The first-order chi connectivity index (χ1) is 9.52. The van der Waals surface area contributed by atoms with Crippen molar-refractivity contribution in [2.45, 2.75) is 20.3 Å². The summed E-state index contributed by atoms with van der Waals surface area (Å²) in [4.78, 5) is 26.9. The number of nitrogens with zero attached hydrogens (tertiary/aromatic N) is 1. The van der Waals surface area contributed by atoms with Crippen molar-refractivity contribution in [1.82, 2.24) is 10.3 Å². The summed E-state index contributed by atoms with van der Waals surface area (Å²) in [6, 6.07) is 3.17. The maximum atomic E-state index is 11.5. The minimum absolute atomic E-state index is 0.00433. The van der Waals surface area contributed by atoms with E-state index in [4.69, 9.17) is 0 Å². The van der Waals surface area contributed by atoms with Crippen LogP contribution in [0.3, 0.4) is 0 Å². The third-order valence-corrected chi connectivity index (χ3v) is 2.55. The highest BCUT2D eigenvalue weighted by Gasteiger charge is 2.07. The highest BCUT2D eigenvalue weighted by molar-refractivity contribution is 5.90. The number of hydrogen-bond acceptors (Lipinski definition) is 5. The molecule has 2 N–H and O–H groups in total. The van der Waals surface area contributed by atoms with Crippen LogP contribution in [0.5, 0.6) is 0 Å². The fourth-order valence-electron chi connectivity index (χ4n) is 1.48. The van der Waals surface area contributed by atoms with Gasteiger partial charge >= 0.3 is 5.97 Å². The molecule has 0 unspecified atom stereocenters. The lowest BCUT2D eigenvalue weighted by molar-refractivity contribution is -0.120. The molecule has 0 atom stereocenters. The minimum Gasteiger partial charge on any atom is -0.465 e. The van der Waals surface area contributed by atoms with Crippen LogP contribution in [0.25, 0.3) is 0 Å². The zero-order valence-corrected chi connectivity index (χ0v) is 12.1. The fraction of sp³-hybridized carbons (Fsp3) is 0.500. The summed E-state index contributed by atoms with van der Waals surface area (Å²) < 4.78 is 4.63. The molecule has 0 aliphatic rings. The molecule has 0 fully saturated rings. The molecule has 20 heavy (non-hydrogen) atoms. The quantitative estimate of drug-likeness (QED) is 0.738. The molecule has 1 rings (SSSR count). The molecule has 6 nitrogen and oxygen atoms in total. The summed E-state index contributed by atoms with van der Waals surface area (Å²) in [6.45, 7) is 5.22. The molecular formula is C14H21N3O3. The lowest BCUT2D eigenvalue weighted by Gasteiger charge is -2.09. The van der Waals surface area contributed by atoms with Crippen LogP contribution >= 0.6 is 0 Å². The number of esters is 1. The molecule has 1 aromatic heterocycles. The number of pyridine rings is 1. The largest absolute Gasteiger partial charge is 0.465 e. The standard InChI is InChI=1S/C14H21N3O3/c1-10(2)9-17-13(18)5-7-16-12-8-11(4-6-15-12)14(19)20-3/h4,6,8,10H,5,7,9H2,1-3H3,(H,15,16)(H,17,18). The van der Waals surface area contributed by atoms with Crippen LogP contribution in [-0.4, -0.2) is 37.1 Å². The summed E-state index contributed by atoms with van der Waals surface area (Å²) in [5.41, 5.74) is 0.425. The Morgan fingerprint density at radius 2 is 2.15 bits per heavy atom. The average Bonchev–Trinajstić information content (AvgIpc) is 2.44. The van der Waals surface area contributed by atoms with E-state index in [1.807, 2.05) is 13.8 Å². The first-order valence-electron chi connectivity index (χ1n) is 6.58. The molecule has 0 aliphatic heterocycles. The van der Waals surface area contributed by atoms with Gasteiger partial charge in [-0.2, -0.15) is 0 Å². The lowest BCUT2D eigenvalue weighted by Crippen LogP contribution is -2.28. The highest BCUT2D eigenvalue weighted by atomic mass is 16.5. The van der Waals surface area contributed by atoms with Crippen molar-refractivity contribution < 1.29 is 14.3 Å². The third kappa shape index (κ3) is 5.69. The van der Waals surface area contributed by atoms with Crippen molar-refractivity contribution >= 4 is 17.7 Å². The second kappa shape index (κ2) is 8.14. The van der Waals surface area contributed by atoms with Crippen molar-refractivity contribution in [1.29, 1.82) is 0 Å². The van der Waals surface area contributed by atoms with Gasteiger partial charge in [-0.1, -0.05) is 13.8 Å². The van der Waals surface area contributed by atoms with Gasteiger partial charge in [-0.15, -0.1) is 0 Å². The Morgan fingerprint density at radius 1 is 1.40 bits per heavy atom. The Morgan fingerprint density at radius 3 is 2.80 bits per heavy atom. The summed E-state index contributed by atoms with van der Waals surface area (Å²) in [5, 5.41) is 5.84. The molecule has 0 aromatic carbocycles. The third-order valence-electron chi connectivity index (χ3n) is 2.55. The molecule has 0 aliphatic carbocycles. The number of anilines is 1. The van der Waals surface area contributed by atoms with E-state index in [9.17, 15) is 9.59 Å². The zero-order valence-electron chi connectivity index (χ0n) is 12.1. The van der Waals surface area contributed by atoms with Crippen LogP contribution in [-0.2, 0) is 9.53 Å². The molecule has 0 saturated carbocycles. The van der Waals surface area contributed by atoms with Gasteiger partial charge in [0, 0.05) is 25.7 Å². The van der Waals surface area contributed by atoms with E-state index in [1.165, 1.54) is 13.3 Å². The van der Waals surface area contributed by atoms with Crippen molar-refractivity contribution in [2.24, 2.45) is 5.92 Å². The number of carbonyl (C=O) groups is 2. The highest BCUT2D eigenvalue weighted by Crippen LogP contribution is 2.07. The predicted octanol–water partition coefficient (Wildman–Crippen LogP) is 1.44. The molecule has 1 aromatic rings. The molecule has 0 saturated heterocycles. The molecule has 1 heterocycles. The Balaban J connectivity index is 2.38. The van der Waals surface area contributed by atoms with E-state index >= 15 is 0 Å². The predicted molar refractivity (Wildman–Crippen MR) is 76.5 cm³/mol. The minimum atomic E-state index is -0.412. The first-order valence-corrected chi connectivity index (χ1v) is 6.58. The van der Waals surface area contributed by atoms with Gasteiger partial charge in [-0.3, -0.25) is 4.79 Å². The Kier molecular flexibility index (Phi) is 6.49. The number of nitrogens with one attached hydrogen (secondary N) is 2. The summed E-state index contributed by atoms with van der Waals surface area (Å²) >= 11 is 0. The normalized spacial score (nSPS) is 10.2. The maximum absolute atomic E-state index is 11.5. The van der Waals surface area contributed by atoms with Crippen LogP contribution in [0, 0.1) is 5.92 Å². The number of carbonyl (C=O) groups excluding carboxylic acids is 2. The molecule has 6 heteroatoms. The second-order valence-electron chi connectivity index (χ2n) is 4.80. The number of amides is 1. The van der Waals surface area contributed by atoms with E-state index in [2.05, 4.69) is 20.4 Å². The van der Waals surface area contributed by atoms with Crippen LogP contribution in [0.1, 0.15) is 30.6 Å². The Labute approximate surface area is 118 Å². The van der Waals surface area contributed by atoms with Crippen LogP contribution < -0.4 is 10.6 Å². The number of methoxy groups -OCH3 is 1. The topological polar surface area (TPSA) is 80.3 Å². The fourth-order valence-corrected chi connectivity index (χ4v) is 1.48. The summed E-state index contributed by atoms with van der Waals surface area (Å²) in [5.74, 6) is 0.565.